The molecule has 4 nitrogen and oxygen atoms in total. The van der Waals surface area contributed by atoms with E-state index in [4.69, 9.17) is 14.2 Å². The van der Waals surface area contributed by atoms with Crippen LogP contribution in [0.15, 0.2) is 54.6 Å². The third-order valence-electron chi connectivity index (χ3n) is 3.93. The van der Waals surface area contributed by atoms with Gasteiger partial charge in [-0.3, -0.25) is 0 Å². The average molecular weight is 356 g/mol. The highest BCUT2D eigenvalue weighted by Gasteiger charge is 2.05. The maximum atomic E-state index is 11.6. The molecular formula is C22H28O4. The molecule has 26 heavy (non-hydrogen) atoms. The number of hydrogen-bond acceptors (Lipinski definition) is 4. The van der Waals surface area contributed by atoms with E-state index < -0.39 is 0 Å². The van der Waals surface area contributed by atoms with Crippen LogP contribution in [0.3, 0.4) is 0 Å². The Hall–Kier alpha value is -2.33. The third-order valence-corrected chi connectivity index (χ3v) is 3.93. The maximum absolute atomic E-state index is 11.6. The lowest BCUT2D eigenvalue weighted by molar-refractivity contribution is 0.0526. The summed E-state index contributed by atoms with van der Waals surface area (Å²) in [5.41, 5.74) is 1.77. The largest absolute Gasteiger partial charge is 0.494 e. The second-order valence-electron chi connectivity index (χ2n) is 6.05. The zero-order valence-corrected chi connectivity index (χ0v) is 15.5. The first-order valence-electron chi connectivity index (χ1n) is 9.31. The van der Waals surface area contributed by atoms with Crippen molar-refractivity contribution in [2.75, 3.05) is 19.8 Å². The molecule has 140 valence electrons. The number of unbranched alkanes of at least 4 members (excludes halogenated alkanes) is 3. The number of benzene rings is 2. The van der Waals surface area contributed by atoms with Crippen molar-refractivity contribution in [1.29, 1.82) is 0 Å². The first-order valence-corrected chi connectivity index (χ1v) is 9.31. The Balaban J connectivity index is 1.48. The van der Waals surface area contributed by atoms with Crippen molar-refractivity contribution in [3.63, 3.8) is 0 Å². The van der Waals surface area contributed by atoms with Gasteiger partial charge in [-0.25, -0.2) is 4.79 Å². The van der Waals surface area contributed by atoms with Crippen molar-refractivity contribution >= 4 is 5.97 Å². The molecule has 0 bridgehead atoms. The highest BCUT2D eigenvalue weighted by Crippen LogP contribution is 2.14. The fraction of sp³-hybridized carbons (Fsp3) is 0.409. The van der Waals surface area contributed by atoms with Gasteiger partial charge in [-0.2, -0.15) is 0 Å². The SMILES string of the molecule is CCOC(=O)c1ccc(OCCCCCCOCc2ccccc2)cc1. The summed E-state index contributed by atoms with van der Waals surface area (Å²) in [5, 5.41) is 0. The van der Waals surface area contributed by atoms with Crippen LogP contribution in [-0.2, 0) is 16.1 Å². The normalized spacial score (nSPS) is 10.5. The monoisotopic (exact) mass is 356 g/mol. The van der Waals surface area contributed by atoms with Gasteiger partial charge >= 0.3 is 5.97 Å². The molecule has 0 aliphatic heterocycles. The highest BCUT2D eigenvalue weighted by molar-refractivity contribution is 5.89. The van der Waals surface area contributed by atoms with E-state index in [0.29, 0.717) is 25.4 Å². The summed E-state index contributed by atoms with van der Waals surface area (Å²) in [7, 11) is 0. The molecule has 0 N–H and O–H groups in total. The summed E-state index contributed by atoms with van der Waals surface area (Å²) in [5.74, 6) is 0.484. The van der Waals surface area contributed by atoms with Gasteiger partial charge in [0.15, 0.2) is 0 Å². The quantitative estimate of drug-likeness (QED) is 0.396. The van der Waals surface area contributed by atoms with E-state index in [1.165, 1.54) is 5.56 Å². The average Bonchev–Trinajstić information content (AvgIpc) is 2.68. The van der Waals surface area contributed by atoms with Crippen molar-refractivity contribution < 1.29 is 19.0 Å². The Morgan fingerprint density at radius 2 is 1.54 bits per heavy atom. The summed E-state index contributed by atoms with van der Waals surface area (Å²) in [6.45, 7) is 4.35. The van der Waals surface area contributed by atoms with Gasteiger partial charge < -0.3 is 14.2 Å². The van der Waals surface area contributed by atoms with Gasteiger partial charge in [0.05, 0.1) is 25.4 Å². The standard InChI is InChI=1S/C22H28O4/c1-2-25-22(23)20-12-14-21(15-13-20)26-17-9-4-3-8-16-24-18-19-10-6-5-7-11-19/h5-7,10-15H,2-4,8-9,16-18H2,1H3. The van der Waals surface area contributed by atoms with Gasteiger partial charge in [-0.05, 0) is 56.0 Å². The van der Waals surface area contributed by atoms with Crippen LogP contribution >= 0.6 is 0 Å². The summed E-state index contributed by atoms with van der Waals surface area (Å²) in [6.07, 6.45) is 4.34. The van der Waals surface area contributed by atoms with Gasteiger partial charge in [-0.1, -0.05) is 36.8 Å². The molecule has 0 aliphatic carbocycles. The molecule has 0 radical (unpaired) electrons. The number of esters is 1. The molecule has 0 fully saturated rings. The molecule has 2 aromatic rings. The molecule has 0 aliphatic rings. The van der Waals surface area contributed by atoms with Gasteiger partial charge in [0.2, 0.25) is 0 Å². The van der Waals surface area contributed by atoms with E-state index >= 15 is 0 Å². The van der Waals surface area contributed by atoms with E-state index in [9.17, 15) is 4.79 Å². The number of ether oxygens (including phenoxy) is 3. The van der Waals surface area contributed by atoms with Crippen molar-refractivity contribution in [3.8, 4) is 5.75 Å². The van der Waals surface area contributed by atoms with Gasteiger partial charge in [0.1, 0.15) is 5.75 Å². The molecule has 0 saturated carbocycles. The second-order valence-corrected chi connectivity index (χ2v) is 6.05. The van der Waals surface area contributed by atoms with Gasteiger partial charge in [0.25, 0.3) is 0 Å². The lowest BCUT2D eigenvalue weighted by Gasteiger charge is -2.07. The zero-order valence-electron chi connectivity index (χ0n) is 15.5. The topological polar surface area (TPSA) is 44.8 Å². The summed E-state index contributed by atoms with van der Waals surface area (Å²) < 4.78 is 16.3. The Bertz CT molecular complexity index is 622. The van der Waals surface area contributed by atoms with Crippen LogP contribution < -0.4 is 4.74 Å². The lowest BCUT2D eigenvalue weighted by atomic mass is 10.2. The Kier molecular flexibility index (Phi) is 9.30. The van der Waals surface area contributed by atoms with E-state index in [2.05, 4.69) is 12.1 Å². The minimum atomic E-state index is -0.298. The molecule has 2 rings (SSSR count). The summed E-state index contributed by atoms with van der Waals surface area (Å²) >= 11 is 0. The van der Waals surface area contributed by atoms with E-state index in [0.717, 1.165) is 38.0 Å². The molecule has 0 unspecified atom stereocenters. The molecule has 0 aromatic heterocycles. The summed E-state index contributed by atoms with van der Waals surface area (Å²) in [4.78, 5) is 11.6. The lowest BCUT2D eigenvalue weighted by Crippen LogP contribution is -2.04. The second kappa shape index (κ2) is 12.1. The smallest absolute Gasteiger partial charge is 0.338 e. The van der Waals surface area contributed by atoms with Crippen LogP contribution in [0.4, 0.5) is 0 Å². The minimum absolute atomic E-state index is 0.298. The molecule has 0 saturated heterocycles. The Morgan fingerprint density at radius 1 is 0.846 bits per heavy atom. The van der Waals surface area contributed by atoms with Crippen molar-refractivity contribution in [3.05, 3.63) is 65.7 Å². The number of rotatable bonds is 12. The first kappa shape index (κ1) is 20.0. The van der Waals surface area contributed by atoms with Crippen molar-refractivity contribution in [2.24, 2.45) is 0 Å². The van der Waals surface area contributed by atoms with Crippen molar-refractivity contribution in [2.45, 2.75) is 39.2 Å². The van der Waals surface area contributed by atoms with Crippen LogP contribution in [0.2, 0.25) is 0 Å². The van der Waals surface area contributed by atoms with E-state index in [1.54, 1.807) is 19.1 Å². The van der Waals surface area contributed by atoms with Gasteiger partial charge in [0, 0.05) is 6.61 Å². The molecular weight excluding hydrogens is 328 g/mol. The molecule has 0 atom stereocenters. The Labute approximate surface area is 156 Å². The molecule has 0 spiro atoms. The summed E-state index contributed by atoms with van der Waals surface area (Å²) in [6, 6.07) is 17.3. The molecule has 4 heteroatoms. The van der Waals surface area contributed by atoms with Crippen LogP contribution in [0.5, 0.6) is 5.75 Å². The van der Waals surface area contributed by atoms with Crippen molar-refractivity contribution in [1.82, 2.24) is 0 Å². The van der Waals surface area contributed by atoms with Gasteiger partial charge in [-0.15, -0.1) is 0 Å². The van der Waals surface area contributed by atoms with Crippen LogP contribution in [0.25, 0.3) is 0 Å². The number of carbonyl (C=O) groups is 1. The predicted octanol–water partition coefficient (Wildman–Crippen LogP) is 5.02. The first-order chi connectivity index (χ1) is 12.8. The zero-order chi connectivity index (χ0) is 18.5. The number of hydrogen-bond donors (Lipinski definition) is 0. The molecule has 2 aromatic carbocycles. The predicted molar refractivity (Wildman–Crippen MR) is 102 cm³/mol. The van der Waals surface area contributed by atoms with E-state index in [-0.39, 0.29) is 5.97 Å². The highest BCUT2D eigenvalue weighted by atomic mass is 16.5. The minimum Gasteiger partial charge on any atom is -0.494 e. The van der Waals surface area contributed by atoms with Crippen LogP contribution in [0.1, 0.15) is 48.5 Å². The fourth-order valence-electron chi connectivity index (χ4n) is 2.52. The van der Waals surface area contributed by atoms with E-state index in [1.807, 2.05) is 30.3 Å². The third kappa shape index (κ3) is 7.70. The fourth-order valence-corrected chi connectivity index (χ4v) is 2.52. The molecule has 0 heterocycles. The Morgan fingerprint density at radius 3 is 2.23 bits per heavy atom. The molecule has 0 amide bonds. The van der Waals surface area contributed by atoms with Crippen LogP contribution in [0, 0.1) is 0 Å². The van der Waals surface area contributed by atoms with Crippen LogP contribution in [-0.4, -0.2) is 25.8 Å². The maximum Gasteiger partial charge on any atom is 0.338 e. The number of carbonyl (C=O) groups excluding carboxylic acids is 1.